The monoisotopic (exact) mass is 208 g/mol. The molecule has 1 aromatic heterocycles. The SMILES string of the molecule is CCNC(C(=O)OCC)c1cccnc1. The van der Waals surface area contributed by atoms with Gasteiger partial charge in [-0.1, -0.05) is 13.0 Å². The summed E-state index contributed by atoms with van der Waals surface area (Å²) in [7, 11) is 0. The Hall–Kier alpha value is -1.42. The third-order valence-corrected chi connectivity index (χ3v) is 1.95. The van der Waals surface area contributed by atoms with Crippen molar-refractivity contribution in [3.8, 4) is 0 Å². The number of rotatable bonds is 5. The van der Waals surface area contributed by atoms with Crippen LogP contribution in [0.3, 0.4) is 0 Å². The second-order valence-corrected chi connectivity index (χ2v) is 3.03. The van der Waals surface area contributed by atoms with E-state index in [4.69, 9.17) is 4.74 Å². The molecular formula is C11H16N2O2. The number of ether oxygens (including phenoxy) is 1. The molecule has 0 fully saturated rings. The molecule has 0 bridgehead atoms. The van der Waals surface area contributed by atoms with E-state index >= 15 is 0 Å². The van der Waals surface area contributed by atoms with E-state index in [9.17, 15) is 4.79 Å². The van der Waals surface area contributed by atoms with E-state index in [1.807, 2.05) is 13.0 Å². The standard InChI is InChI=1S/C11H16N2O2/c1-3-13-10(11(14)15-4-2)9-6-5-7-12-8-9/h5-8,10,13H,3-4H2,1-2H3. The van der Waals surface area contributed by atoms with Crippen LogP contribution >= 0.6 is 0 Å². The van der Waals surface area contributed by atoms with E-state index in [0.717, 1.165) is 5.56 Å². The molecule has 1 N–H and O–H groups in total. The Morgan fingerprint density at radius 3 is 2.93 bits per heavy atom. The summed E-state index contributed by atoms with van der Waals surface area (Å²) in [5.41, 5.74) is 0.831. The topological polar surface area (TPSA) is 51.2 Å². The zero-order valence-corrected chi connectivity index (χ0v) is 9.06. The number of nitrogens with zero attached hydrogens (tertiary/aromatic N) is 1. The van der Waals surface area contributed by atoms with Gasteiger partial charge in [0.15, 0.2) is 0 Å². The molecule has 0 aromatic carbocycles. The molecule has 1 rings (SSSR count). The second-order valence-electron chi connectivity index (χ2n) is 3.03. The highest BCUT2D eigenvalue weighted by molar-refractivity contribution is 5.77. The molecule has 1 atom stereocenters. The molecule has 4 heteroatoms. The van der Waals surface area contributed by atoms with Crippen LogP contribution < -0.4 is 5.32 Å². The molecule has 0 aliphatic carbocycles. The van der Waals surface area contributed by atoms with Crippen LogP contribution in [0.25, 0.3) is 0 Å². The van der Waals surface area contributed by atoms with Gasteiger partial charge in [0.1, 0.15) is 6.04 Å². The Bertz CT molecular complexity index is 301. The summed E-state index contributed by atoms with van der Waals surface area (Å²) in [5.74, 6) is -0.257. The van der Waals surface area contributed by atoms with Gasteiger partial charge in [0.05, 0.1) is 6.61 Å². The number of carbonyl (C=O) groups excluding carboxylic acids is 1. The summed E-state index contributed by atoms with van der Waals surface area (Å²) in [6.45, 7) is 4.84. The molecule has 0 saturated carbocycles. The third-order valence-electron chi connectivity index (χ3n) is 1.95. The summed E-state index contributed by atoms with van der Waals surface area (Å²) >= 11 is 0. The van der Waals surface area contributed by atoms with E-state index in [0.29, 0.717) is 13.2 Å². The van der Waals surface area contributed by atoms with Crippen LogP contribution in [-0.4, -0.2) is 24.1 Å². The Balaban J connectivity index is 2.78. The molecule has 1 unspecified atom stereocenters. The minimum atomic E-state index is -0.413. The minimum absolute atomic E-state index is 0.257. The minimum Gasteiger partial charge on any atom is -0.465 e. The molecule has 0 amide bonds. The van der Waals surface area contributed by atoms with Gasteiger partial charge in [0, 0.05) is 12.4 Å². The summed E-state index contributed by atoms with van der Waals surface area (Å²) < 4.78 is 4.98. The first kappa shape index (κ1) is 11.7. The average Bonchev–Trinajstić information content (AvgIpc) is 2.27. The lowest BCUT2D eigenvalue weighted by Gasteiger charge is -2.15. The lowest BCUT2D eigenvalue weighted by atomic mass is 10.1. The van der Waals surface area contributed by atoms with E-state index in [-0.39, 0.29) is 5.97 Å². The van der Waals surface area contributed by atoms with Crippen molar-refractivity contribution < 1.29 is 9.53 Å². The Morgan fingerprint density at radius 1 is 1.60 bits per heavy atom. The second kappa shape index (κ2) is 6.14. The summed E-state index contributed by atoms with van der Waals surface area (Å²) in [6, 6.07) is 3.25. The molecule has 0 spiro atoms. The predicted molar refractivity (Wildman–Crippen MR) is 57.3 cm³/mol. The van der Waals surface area contributed by atoms with Gasteiger partial charge in [-0.3, -0.25) is 4.98 Å². The quantitative estimate of drug-likeness (QED) is 0.741. The van der Waals surface area contributed by atoms with E-state index in [1.54, 1.807) is 25.4 Å². The van der Waals surface area contributed by atoms with Crippen molar-refractivity contribution in [1.29, 1.82) is 0 Å². The highest BCUT2D eigenvalue weighted by Gasteiger charge is 2.20. The highest BCUT2D eigenvalue weighted by atomic mass is 16.5. The van der Waals surface area contributed by atoms with Crippen LogP contribution in [-0.2, 0) is 9.53 Å². The fraction of sp³-hybridized carbons (Fsp3) is 0.455. The van der Waals surface area contributed by atoms with Crippen LogP contribution in [0.4, 0.5) is 0 Å². The lowest BCUT2D eigenvalue weighted by molar-refractivity contribution is -0.145. The number of aromatic nitrogens is 1. The van der Waals surface area contributed by atoms with Crippen LogP contribution in [0.15, 0.2) is 24.5 Å². The van der Waals surface area contributed by atoms with Crippen molar-refractivity contribution in [2.75, 3.05) is 13.2 Å². The van der Waals surface area contributed by atoms with Crippen LogP contribution in [0.2, 0.25) is 0 Å². The zero-order chi connectivity index (χ0) is 11.1. The maximum absolute atomic E-state index is 11.6. The number of carbonyl (C=O) groups is 1. The van der Waals surface area contributed by atoms with Crippen molar-refractivity contribution in [2.45, 2.75) is 19.9 Å². The molecule has 0 saturated heterocycles. The first-order valence-electron chi connectivity index (χ1n) is 5.09. The highest BCUT2D eigenvalue weighted by Crippen LogP contribution is 2.12. The van der Waals surface area contributed by atoms with Gasteiger partial charge in [-0.15, -0.1) is 0 Å². The van der Waals surface area contributed by atoms with Gasteiger partial charge in [0.2, 0.25) is 0 Å². The van der Waals surface area contributed by atoms with Gasteiger partial charge in [0.25, 0.3) is 0 Å². The lowest BCUT2D eigenvalue weighted by Crippen LogP contribution is -2.30. The predicted octanol–water partition coefficient (Wildman–Crippen LogP) is 1.30. The average molecular weight is 208 g/mol. The summed E-state index contributed by atoms with van der Waals surface area (Å²) in [4.78, 5) is 15.6. The molecule has 0 aliphatic rings. The number of hydrogen-bond donors (Lipinski definition) is 1. The van der Waals surface area contributed by atoms with Crippen molar-refractivity contribution >= 4 is 5.97 Å². The Morgan fingerprint density at radius 2 is 2.40 bits per heavy atom. The first-order chi connectivity index (χ1) is 7.29. The maximum atomic E-state index is 11.6. The molecule has 15 heavy (non-hydrogen) atoms. The molecule has 4 nitrogen and oxygen atoms in total. The number of hydrogen-bond acceptors (Lipinski definition) is 4. The van der Waals surface area contributed by atoms with E-state index in [1.165, 1.54) is 0 Å². The normalized spacial score (nSPS) is 12.1. The largest absolute Gasteiger partial charge is 0.465 e. The Kier molecular flexibility index (Phi) is 4.77. The summed E-state index contributed by atoms with van der Waals surface area (Å²) in [6.07, 6.45) is 3.35. The third kappa shape index (κ3) is 3.32. The molecule has 82 valence electrons. The molecule has 0 radical (unpaired) electrons. The van der Waals surface area contributed by atoms with Crippen molar-refractivity contribution in [1.82, 2.24) is 10.3 Å². The number of esters is 1. The van der Waals surface area contributed by atoms with Gasteiger partial charge in [-0.25, -0.2) is 4.79 Å². The fourth-order valence-electron chi connectivity index (χ4n) is 1.31. The zero-order valence-electron chi connectivity index (χ0n) is 9.06. The van der Waals surface area contributed by atoms with Gasteiger partial charge in [-0.05, 0) is 25.1 Å². The van der Waals surface area contributed by atoms with Gasteiger partial charge < -0.3 is 10.1 Å². The first-order valence-corrected chi connectivity index (χ1v) is 5.09. The van der Waals surface area contributed by atoms with Crippen molar-refractivity contribution in [2.24, 2.45) is 0 Å². The molecular weight excluding hydrogens is 192 g/mol. The van der Waals surface area contributed by atoms with Crippen LogP contribution in [0.1, 0.15) is 25.5 Å². The van der Waals surface area contributed by atoms with Crippen molar-refractivity contribution in [3.63, 3.8) is 0 Å². The van der Waals surface area contributed by atoms with Gasteiger partial charge >= 0.3 is 5.97 Å². The molecule has 1 heterocycles. The van der Waals surface area contributed by atoms with Crippen molar-refractivity contribution in [3.05, 3.63) is 30.1 Å². The van der Waals surface area contributed by atoms with E-state index < -0.39 is 6.04 Å². The van der Waals surface area contributed by atoms with Crippen LogP contribution in [0, 0.1) is 0 Å². The van der Waals surface area contributed by atoms with Crippen LogP contribution in [0.5, 0.6) is 0 Å². The Labute approximate surface area is 89.7 Å². The summed E-state index contributed by atoms with van der Waals surface area (Å²) in [5, 5.41) is 3.07. The van der Waals surface area contributed by atoms with E-state index in [2.05, 4.69) is 10.3 Å². The number of likely N-dealkylation sites (N-methyl/N-ethyl adjacent to an activating group) is 1. The van der Waals surface area contributed by atoms with Gasteiger partial charge in [-0.2, -0.15) is 0 Å². The molecule has 1 aromatic rings. The fourth-order valence-corrected chi connectivity index (χ4v) is 1.31. The number of pyridine rings is 1. The number of nitrogens with one attached hydrogen (secondary N) is 1. The maximum Gasteiger partial charge on any atom is 0.327 e. The smallest absolute Gasteiger partial charge is 0.327 e. The molecule has 0 aliphatic heterocycles.